The lowest BCUT2D eigenvalue weighted by molar-refractivity contribution is 0.925. The molecule has 0 saturated heterocycles. The predicted octanol–water partition coefficient (Wildman–Crippen LogP) is 0.985. The maximum Gasteiger partial charge on any atom is 0.165 e. The van der Waals surface area contributed by atoms with Crippen molar-refractivity contribution >= 4 is 17.0 Å². The van der Waals surface area contributed by atoms with Gasteiger partial charge in [-0.3, -0.25) is 0 Å². The van der Waals surface area contributed by atoms with Crippen molar-refractivity contribution in [1.29, 1.82) is 0 Å². The number of rotatable bonds is 3. The Labute approximate surface area is 88.1 Å². The van der Waals surface area contributed by atoms with E-state index in [2.05, 4.69) is 21.5 Å². The van der Waals surface area contributed by atoms with Gasteiger partial charge in [0.05, 0.1) is 6.33 Å². The second-order valence-electron chi connectivity index (χ2n) is 3.39. The first-order valence-corrected chi connectivity index (χ1v) is 4.68. The molecule has 0 N–H and O–H groups in total. The molecule has 2 heterocycles. The summed E-state index contributed by atoms with van der Waals surface area (Å²) in [5.41, 5.74) is 1.67. The molecule has 0 unspecified atom stereocenters. The summed E-state index contributed by atoms with van der Waals surface area (Å²) in [7, 11) is 3.87. The largest absolute Gasteiger partial charge is 0.354 e. The third kappa shape index (κ3) is 1.56. The highest BCUT2D eigenvalue weighted by molar-refractivity contribution is 5.83. The topological polar surface area (TPSA) is 46.8 Å². The van der Waals surface area contributed by atoms with Crippen LogP contribution in [0.25, 0.3) is 11.2 Å². The Bertz CT molecular complexity index is 488. The van der Waals surface area contributed by atoms with Gasteiger partial charge in [-0.1, -0.05) is 6.08 Å². The van der Waals surface area contributed by atoms with Crippen molar-refractivity contribution in [3.8, 4) is 0 Å². The van der Waals surface area contributed by atoms with Crippen LogP contribution in [0, 0.1) is 0 Å². The summed E-state index contributed by atoms with van der Waals surface area (Å²) in [5, 5.41) is 0. The molecule has 2 rings (SSSR count). The second kappa shape index (κ2) is 3.68. The maximum atomic E-state index is 4.28. The summed E-state index contributed by atoms with van der Waals surface area (Å²) in [5.74, 6) is 0.834. The number of nitrogens with zero attached hydrogens (tertiary/aromatic N) is 5. The molecule has 0 atom stereocenters. The van der Waals surface area contributed by atoms with E-state index in [0.717, 1.165) is 23.5 Å². The zero-order chi connectivity index (χ0) is 10.8. The third-order valence-corrected chi connectivity index (χ3v) is 2.24. The molecule has 2 aromatic heterocycles. The lowest BCUT2D eigenvalue weighted by Gasteiger charge is -2.15. The molecule has 0 saturated carbocycles. The van der Waals surface area contributed by atoms with Gasteiger partial charge in [0.1, 0.15) is 6.33 Å². The molecule has 0 bridgehead atoms. The Kier molecular flexibility index (Phi) is 2.37. The van der Waals surface area contributed by atoms with Gasteiger partial charge in [0.25, 0.3) is 0 Å². The predicted molar refractivity (Wildman–Crippen MR) is 59.8 cm³/mol. The van der Waals surface area contributed by atoms with Crippen LogP contribution < -0.4 is 4.90 Å². The fourth-order valence-corrected chi connectivity index (χ4v) is 1.49. The van der Waals surface area contributed by atoms with Gasteiger partial charge in [0.2, 0.25) is 0 Å². The molecule has 78 valence electrons. The molecule has 0 aliphatic heterocycles. The van der Waals surface area contributed by atoms with Gasteiger partial charge in [0.15, 0.2) is 17.0 Å². The smallest absolute Gasteiger partial charge is 0.165 e. The quantitative estimate of drug-likeness (QED) is 0.698. The average Bonchev–Trinajstić information content (AvgIpc) is 2.61. The van der Waals surface area contributed by atoms with Crippen molar-refractivity contribution in [3.63, 3.8) is 0 Å². The Morgan fingerprint density at radius 3 is 3.00 bits per heavy atom. The summed E-state index contributed by atoms with van der Waals surface area (Å²) in [6.07, 6.45) is 5.13. The molecule has 0 radical (unpaired) electrons. The van der Waals surface area contributed by atoms with Gasteiger partial charge in [-0.05, 0) is 0 Å². The van der Waals surface area contributed by atoms with E-state index < -0.39 is 0 Å². The molecular formula is C10H13N5. The van der Waals surface area contributed by atoms with Crippen LogP contribution in [0.2, 0.25) is 0 Å². The number of likely N-dealkylation sites (N-methyl/N-ethyl adjacent to an activating group) is 1. The molecule has 0 amide bonds. The van der Waals surface area contributed by atoms with Crippen LogP contribution in [-0.4, -0.2) is 33.1 Å². The number of hydrogen-bond acceptors (Lipinski definition) is 4. The first-order valence-electron chi connectivity index (χ1n) is 4.68. The zero-order valence-corrected chi connectivity index (χ0v) is 8.88. The van der Waals surface area contributed by atoms with Crippen LogP contribution in [0.1, 0.15) is 0 Å². The van der Waals surface area contributed by atoms with Crippen LogP contribution in [-0.2, 0) is 7.05 Å². The van der Waals surface area contributed by atoms with Gasteiger partial charge >= 0.3 is 0 Å². The molecule has 0 spiro atoms. The highest BCUT2D eigenvalue weighted by atomic mass is 15.2. The van der Waals surface area contributed by atoms with E-state index in [9.17, 15) is 0 Å². The van der Waals surface area contributed by atoms with E-state index in [1.54, 1.807) is 12.7 Å². The van der Waals surface area contributed by atoms with Crippen LogP contribution >= 0.6 is 0 Å². The molecule has 0 aromatic carbocycles. The molecule has 0 aliphatic rings. The summed E-state index contributed by atoms with van der Waals surface area (Å²) in [6, 6.07) is 0. The summed E-state index contributed by atoms with van der Waals surface area (Å²) >= 11 is 0. The van der Waals surface area contributed by atoms with Crippen molar-refractivity contribution < 1.29 is 0 Å². The maximum absolute atomic E-state index is 4.28. The average molecular weight is 203 g/mol. The number of anilines is 1. The molecule has 0 aliphatic carbocycles. The van der Waals surface area contributed by atoms with E-state index in [-0.39, 0.29) is 0 Å². The fraction of sp³-hybridized carbons (Fsp3) is 0.300. The van der Waals surface area contributed by atoms with Crippen molar-refractivity contribution in [2.75, 3.05) is 18.5 Å². The lowest BCUT2D eigenvalue weighted by Crippen LogP contribution is -2.18. The first kappa shape index (κ1) is 9.64. The zero-order valence-electron chi connectivity index (χ0n) is 8.88. The number of fused-ring (bicyclic) bond motifs is 1. The summed E-state index contributed by atoms with van der Waals surface area (Å²) < 4.78 is 1.88. The van der Waals surface area contributed by atoms with Gasteiger partial charge in [-0.15, -0.1) is 6.58 Å². The van der Waals surface area contributed by atoms with Crippen molar-refractivity contribution in [2.45, 2.75) is 0 Å². The number of hydrogen-bond donors (Lipinski definition) is 0. The second-order valence-corrected chi connectivity index (χ2v) is 3.39. The Morgan fingerprint density at radius 2 is 2.27 bits per heavy atom. The molecule has 15 heavy (non-hydrogen) atoms. The van der Waals surface area contributed by atoms with Gasteiger partial charge in [-0.2, -0.15) is 0 Å². The molecule has 5 nitrogen and oxygen atoms in total. The van der Waals surface area contributed by atoms with E-state index in [0.29, 0.717) is 0 Å². The normalized spacial score (nSPS) is 10.5. The van der Waals surface area contributed by atoms with E-state index in [4.69, 9.17) is 0 Å². The van der Waals surface area contributed by atoms with Crippen LogP contribution in [0.4, 0.5) is 5.82 Å². The monoisotopic (exact) mass is 203 g/mol. The standard InChI is InChI=1S/C10H13N5/c1-4-5-14(2)9-8-10(12-6-11-9)15(3)7-13-8/h4,6-7H,1,5H2,2-3H3. The van der Waals surface area contributed by atoms with Gasteiger partial charge in [0, 0.05) is 20.6 Å². The number of aromatic nitrogens is 4. The van der Waals surface area contributed by atoms with Gasteiger partial charge in [-0.25, -0.2) is 15.0 Å². The minimum absolute atomic E-state index is 0.739. The van der Waals surface area contributed by atoms with E-state index in [1.165, 1.54) is 0 Å². The highest BCUT2D eigenvalue weighted by Crippen LogP contribution is 2.19. The van der Waals surface area contributed by atoms with Crippen molar-refractivity contribution in [1.82, 2.24) is 19.5 Å². The summed E-state index contributed by atoms with van der Waals surface area (Å²) in [4.78, 5) is 14.7. The van der Waals surface area contributed by atoms with Crippen LogP contribution in [0.3, 0.4) is 0 Å². The third-order valence-electron chi connectivity index (χ3n) is 2.24. The van der Waals surface area contributed by atoms with Gasteiger partial charge < -0.3 is 9.47 Å². The summed E-state index contributed by atoms with van der Waals surface area (Å²) in [6.45, 7) is 4.44. The van der Waals surface area contributed by atoms with E-state index >= 15 is 0 Å². The molecular weight excluding hydrogens is 190 g/mol. The van der Waals surface area contributed by atoms with E-state index in [1.807, 2.05) is 29.6 Å². The lowest BCUT2D eigenvalue weighted by atomic mass is 10.4. The number of aryl methyl sites for hydroxylation is 1. The van der Waals surface area contributed by atoms with Crippen molar-refractivity contribution in [3.05, 3.63) is 25.3 Å². The minimum atomic E-state index is 0.739. The Hall–Kier alpha value is -1.91. The van der Waals surface area contributed by atoms with Crippen LogP contribution in [0.5, 0.6) is 0 Å². The first-order chi connectivity index (χ1) is 7.24. The Morgan fingerprint density at radius 1 is 1.47 bits per heavy atom. The molecule has 0 fully saturated rings. The van der Waals surface area contributed by atoms with Crippen molar-refractivity contribution in [2.24, 2.45) is 7.05 Å². The molecule has 2 aromatic rings. The highest BCUT2D eigenvalue weighted by Gasteiger charge is 2.10. The molecule has 5 heteroatoms. The Balaban J connectivity index is 2.55. The minimum Gasteiger partial charge on any atom is -0.354 e. The SMILES string of the molecule is C=CCN(C)c1ncnc2c1ncn2C. The number of imidazole rings is 1. The fourth-order valence-electron chi connectivity index (χ4n) is 1.49. The van der Waals surface area contributed by atoms with Crippen LogP contribution in [0.15, 0.2) is 25.3 Å².